The molecule has 152 valence electrons. The molecule has 0 fully saturated rings. The predicted molar refractivity (Wildman–Crippen MR) is 112 cm³/mol. The van der Waals surface area contributed by atoms with Gasteiger partial charge in [0.1, 0.15) is 5.75 Å². The van der Waals surface area contributed by atoms with Crippen LogP contribution in [-0.2, 0) is 14.8 Å². The van der Waals surface area contributed by atoms with E-state index < -0.39 is 10.0 Å². The second kappa shape index (κ2) is 9.80. The van der Waals surface area contributed by atoms with E-state index in [-0.39, 0.29) is 24.9 Å². The average Bonchev–Trinajstić information content (AvgIpc) is 2.65. The SMILES string of the molecule is COc1ccc(C(C)NC(=O)CCCN(c2ccc(Cl)cc2)S(C)(=O)=O)cc1. The number of nitrogens with one attached hydrogen (secondary N) is 1. The van der Waals surface area contributed by atoms with E-state index in [9.17, 15) is 13.2 Å². The third kappa shape index (κ3) is 6.42. The Kier molecular flexibility index (Phi) is 7.71. The maximum Gasteiger partial charge on any atom is 0.232 e. The van der Waals surface area contributed by atoms with Crippen molar-refractivity contribution in [3.8, 4) is 5.75 Å². The normalized spacial score (nSPS) is 12.3. The summed E-state index contributed by atoms with van der Waals surface area (Å²) in [7, 11) is -1.85. The summed E-state index contributed by atoms with van der Waals surface area (Å²) in [6.45, 7) is 2.11. The predicted octanol–water partition coefficient (Wildman–Crippen LogP) is 3.77. The average molecular weight is 425 g/mol. The fourth-order valence-corrected chi connectivity index (χ4v) is 3.86. The zero-order chi connectivity index (χ0) is 20.7. The largest absolute Gasteiger partial charge is 0.497 e. The van der Waals surface area contributed by atoms with Gasteiger partial charge in [-0.05, 0) is 55.3 Å². The molecule has 0 heterocycles. The minimum atomic E-state index is -3.45. The number of sulfonamides is 1. The second-order valence-electron chi connectivity index (χ2n) is 6.48. The first-order valence-corrected chi connectivity index (χ1v) is 11.1. The Balaban J connectivity index is 1.90. The minimum absolute atomic E-state index is 0.132. The summed E-state index contributed by atoms with van der Waals surface area (Å²) < 4.78 is 30.6. The maximum atomic E-state index is 12.2. The van der Waals surface area contributed by atoms with Crippen LogP contribution in [0, 0.1) is 0 Å². The number of hydrogen-bond donors (Lipinski definition) is 1. The Morgan fingerprint density at radius 3 is 2.29 bits per heavy atom. The number of methoxy groups -OCH3 is 1. The lowest BCUT2D eigenvalue weighted by Crippen LogP contribution is -2.32. The van der Waals surface area contributed by atoms with Gasteiger partial charge in [-0.1, -0.05) is 23.7 Å². The summed E-state index contributed by atoms with van der Waals surface area (Å²) in [4.78, 5) is 12.2. The molecule has 1 N–H and O–H groups in total. The number of halogens is 1. The molecule has 0 spiro atoms. The van der Waals surface area contributed by atoms with Crippen LogP contribution >= 0.6 is 11.6 Å². The zero-order valence-corrected chi connectivity index (χ0v) is 17.8. The molecule has 2 aromatic rings. The van der Waals surface area contributed by atoms with Crippen LogP contribution in [0.1, 0.15) is 31.4 Å². The zero-order valence-electron chi connectivity index (χ0n) is 16.2. The van der Waals surface area contributed by atoms with Crippen molar-refractivity contribution in [3.63, 3.8) is 0 Å². The first-order chi connectivity index (χ1) is 13.2. The van der Waals surface area contributed by atoms with Crippen molar-refractivity contribution in [1.29, 1.82) is 0 Å². The molecule has 28 heavy (non-hydrogen) atoms. The van der Waals surface area contributed by atoms with Crippen LogP contribution in [-0.4, -0.2) is 34.2 Å². The Hall–Kier alpha value is -2.25. The van der Waals surface area contributed by atoms with Crippen molar-refractivity contribution in [3.05, 3.63) is 59.1 Å². The van der Waals surface area contributed by atoms with Gasteiger partial charge < -0.3 is 10.1 Å². The number of ether oxygens (including phenoxy) is 1. The fourth-order valence-electron chi connectivity index (χ4n) is 2.77. The molecular formula is C20H25ClN2O4S. The van der Waals surface area contributed by atoms with Crippen molar-refractivity contribution >= 4 is 33.2 Å². The van der Waals surface area contributed by atoms with Crippen LogP contribution in [0.5, 0.6) is 5.75 Å². The molecule has 1 atom stereocenters. The molecule has 6 nitrogen and oxygen atoms in total. The molecule has 2 rings (SSSR count). The van der Waals surface area contributed by atoms with Gasteiger partial charge in [-0.3, -0.25) is 9.10 Å². The number of rotatable bonds is 9. The highest BCUT2D eigenvalue weighted by molar-refractivity contribution is 7.92. The molecule has 0 aliphatic heterocycles. The molecule has 0 aliphatic carbocycles. The molecule has 1 amide bonds. The second-order valence-corrected chi connectivity index (χ2v) is 8.82. The Morgan fingerprint density at radius 1 is 1.14 bits per heavy atom. The van der Waals surface area contributed by atoms with Gasteiger partial charge in [0.15, 0.2) is 0 Å². The molecule has 0 aromatic heterocycles. The first-order valence-electron chi connectivity index (χ1n) is 8.87. The van der Waals surface area contributed by atoms with Crippen LogP contribution in [0.2, 0.25) is 5.02 Å². The highest BCUT2D eigenvalue weighted by atomic mass is 35.5. The van der Waals surface area contributed by atoms with Crippen LogP contribution in [0.3, 0.4) is 0 Å². The summed E-state index contributed by atoms with van der Waals surface area (Å²) in [6.07, 6.45) is 1.77. The lowest BCUT2D eigenvalue weighted by molar-refractivity contribution is -0.121. The van der Waals surface area contributed by atoms with Gasteiger partial charge in [-0.2, -0.15) is 0 Å². The topological polar surface area (TPSA) is 75.7 Å². The van der Waals surface area contributed by atoms with Crippen molar-refractivity contribution in [2.45, 2.75) is 25.8 Å². The smallest absolute Gasteiger partial charge is 0.232 e. The lowest BCUT2D eigenvalue weighted by Gasteiger charge is -2.22. The maximum absolute atomic E-state index is 12.2. The quantitative estimate of drug-likeness (QED) is 0.664. The summed E-state index contributed by atoms with van der Waals surface area (Å²) in [5.74, 6) is 0.623. The number of anilines is 1. The lowest BCUT2D eigenvalue weighted by atomic mass is 10.1. The van der Waals surface area contributed by atoms with Gasteiger partial charge >= 0.3 is 0 Å². The Bertz CT molecular complexity index is 883. The molecule has 0 saturated carbocycles. The Labute approximate surface area is 171 Å². The van der Waals surface area contributed by atoms with Gasteiger partial charge in [0.2, 0.25) is 15.9 Å². The number of carbonyl (C=O) groups excluding carboxylic acids is 1. The van der Waals surface area contributed by atoms with E-state index in [1.165, 1.54) is 4.31 Å². The highest BCUT2D eigenvalue weighted by Gasteiger charge is 2.18. The van der Waals surface area contributed by atoms with Crippen molar-refractivity contribution in [2.75, 3.05) is 24.2 Å². The van der Waals surface area contributed by atoms with Crippen molar-refractivity contribution < 1.29 is 17.9 Å². The van der Waals surface area contributed by atoms with Gasteiger partial charge in [0, 0.05) is 18.0 Å². The summed E-state index contributed by atoms with van der Waals surface area (Å²) >= 11 is 5.86. The van der Waals surface area contributed by atoms with Gasteiger partial charge in [0.05, 0.1) is 25.1 Å². The van der Waals surface area contributed by atoms with Crippen LogP contribution < -0.4 is 14.4 Å². The van der Waals surface area contributed by atoms with E-state index in [1.807, 2.05) is 31.2 Å². The molecular weight excluding hydrogens is 400 g/mol. The fraction of sp³-hybridized carbons (Fsp3) is 0.350. The number of carbonyl (C=O) groups is 1. The number of nitrogens with zero attached hydrogens (tertiary/aromatic N) is 1. The van der Waals surface area contributed by atoms with E-state index in [1.54, 1.807) is 31.4 Å². The minimum Gasteiger partial charge on any atom is -0.497 e. The monoisotopic (exact) mass is 424 g/mol. The molecule has 2 aromatic carbocycles. The molecule has 0 saturated heterocycles. The molecule has 1 unspecified atom stereocenters. The Morgan fingerprint density at radius 2 is 1.75 bits per heavy atom. The van der Waals surface area contributed by atoms with E-state index in [2.05, 4.69) is 5.32 Å². The third-order valence-electron chi connectivity index (χ3n) is 4.27. The molecule has 8 heteroatoms. The first kappa shape index (κ1) is 22.0. The van der Waals surface area contributed by atoms with Crippen LogP contribution in [0.15, 0.2) is 48.5 Å². The molecule has 0 aliphatic rings. The van der Waals surface area contributed by atoms with E-state index in [0.29, 0.717) is 17.1 Å². The summed E-state index contributed by atoms with van der Waals surface area (Å²) in [6, 6.07) is 13.9. The highest BCUT2D eigenvalue weighted by Crippen LogP contribution is 2.21. The number of benzene rings is 2. The van der Waals surface area contributed by atoms with Crippen LogP contribution in [0.4, 0.5) is 5.69 Å². The number of hydrogen-bond acceptors (Lipinski definition) is 4. The van der Waals surface area contributed by atoms with Crippen LogP contribution in [0.25, 0.3) is 0 Å². The third-order valence-corrected chi connectivity index (χ3v) is 5.72. The van der Waals surface area contributed by atoms with Crippen molar-refractivity contribution in [2.24, 2.45) is 0 Å². The van der Waals surface area contributed by atoms with Gasteiger partial charge in [-0.15, -0.1) is 0 Å². The van der Waals surface area contributed by atoms with Crippen molar-refractivity contribution in [1.82, 2.24) is 5.32 Å². The summed E-state index contributed by atoms with van der Waals surface area (Å²) in [5.41, 5.74) is 1.49. The molecule has 0 radical (unpaired) electrons. The standard InChI is InChI=1S/C20H25ClN2O4S/c1-15(16-6-12-19(27-2)13-7-16)22-20(24)5-4-14-23(28(3,25)26)18-10-8-17(21)9-11-18/h6-13,15H,4-5,14H2,1-3H3,(H,22,24). The van der Waals surface area contributed by atoms with Gasteiger partial charge in [0.25, 0.3) is 0 Å². The number of amides is 1. The van der Waals surface area contributed by atoms with Gasteiger partial charge in [-0.25, -0.2) is 8.42 Å². The van der Waals surface area contributed by atoms with E-state index in [4.69, 9.17) is 16.3 Å². The van der Waals surface area contributed by atoms with E-state index >= 15 is 0 Å². The van der Waals surface area contributed by atoms with E-state index in [0.717, 1.165) is 17.6 Å². The summed E-state index contributed by atoms with van der Waals surface area (Å²) in [5, 5.41) is 3.46. The molecule has 0 bridgehead atoms.